The molecule has 0 radical (unpaired) electrons. The Morgan fingerprint density at radius 3 is 2.58 bits per heavy atom. The zero-order valence-electron chi connectivity index (χ0n) is 13.2. The molecule has 26 heavy (non-hydrogen) atoms. The van der Waals surface area contributed by atoms with Crippen molar-refractivity contribution in [1.82, 2.24) is 4.98 Å². The summed E-state index contributed by atoms with van der Waals surface area (Å²) >= 11 is 11.8. The number of anilines is 1. The average Bonchev–Trinajstić information content (AvgIpc) is 2.64. The van der Waals surface area contributed by atoms with Crippen LogP contribution in [-0.2, 0) is 6.61 Å². The second-order valence-corrected chi connectivity index (χ2v) is 6.01. The van der Waals surface area contributed by atoms with Crippen LogP contribution in [0.4, 0.5) is 5.69 Å². The number of rotatable bonds is 5. The summed E-state index contributed by atoms with van der Waals surface area (Å²) in [4.78, 5) is 28.1. The summed E-state index contributed by atoms with van der Waals surface area (Å²) in [7, 11) is 0. The predicted molar refractivity (Wildman–Crippen MR) is 98.0 cm³/mol. The standard InChI is InChI=1S/C18H12Cl2N2O4/c19-13-2-1-11(7-14(13)20)9-25-17-10-26-16(8-15(17)23)18(24)22-12-3-5-21-6-4-12/h1-8,10H,9H2,(H,21,22,24). The molecule has 1 amide bonds. The van der Waals surface area contributed by atoms with E-state index in [-0.39, 0.29) is 18.1 Å². The lowest BCUT2D eigenvalue weighted by Gasteiger charge is -2.07. The van der Waals surface area contributed by atoms with Gasteiger partial charge in [-0.3, -0.25) is 14.6 Å². The van der Waals surface area contributed by atoms with Crippen LogP contribution < -0.4 is 15.5 Å². The molecule has 0 spiro atoms. The zero-order valence-corrected chi connectivity index (χ0v) is 14.8. The Labute approximate surface area is 158 Å². The molecule has 8 heteroatoms. The van der Waals surface area contributed by atoms with Crippen LogP contribution in [0.1, 0.15) is 16.1 Å². The van der Waals surface area contributed by atoms with Crippen molar-refractivity contribution < 1.29 is 13.9 Å². The Morgan fingerprint density at radius 1 is 1.12 bits per heavy atom. The fraction of sp³-hybridized carbons (Fsp3) is 0.0556. The van der Waals surface area contributed by atoms with E-state index in [0.29, 0.717) is 15.7 Å². The molecule has 3 rings (SSSR count). The summed E-state index contributed by atoms with van der Waals surface area (Å²) in [6, 6.07) is 9.31. The molecule has 6 nitrogen and oxygen atoms in total. The van der Waals surface area contributed by atoms with E-state index < -0.39 is 11.3 Å². The zero-order chi connectivity index (χ0) is 18.5. The average molecular weight is 391 g/mol. The van der Waals surface area contributed by atoms with E-state index in [1.807, 2.05) is 0 Å². The van der Waals surface area contributed by atoms with Gasteiger partial charge >= 0.3 is 0 Å². The van der Waals surface area contributed by atoms with Gasteiger partial charge in [-0.05, 0) is 29.8 Å². The number of benzene rings is 1. The third kappa shape index (κ3) is 4.41. The SMILES string of the molecule is O=C(Nc1ccncc1)c1cc(=O)c(OCc2ccc(Cl)c(Cl)c2)co1. The third-order valence-corrected chi connectivity index (χ3v) is 4.08. The minimum Gasteiger partial charge on any atom is -0.482 e. The molecule has 2 heterocycles. The van der Waals surface area contributed by atoms with Crippen molar-refractivity contribution in [3.8, 4) is 5.75 Å². The number of nitrogens with zero attached hydrogens (tertiary/aromatic N) is 1. The van der Waals surface area contributed by atoms with Crippen LogP contribution in [0.25, 0.3) is 0 Å². The van der Waals surface area contributed by atoms with Crippen molar-refractivity contribution in [2.45, 2.75) is 6.61 Å². The van der Waals surface area contributed by atoms with Crippen LogP contribution in [0.3, 0.4) is 0 Å². The lowest BCUT2D eigenvalue weighted by Crippen LogP contribution is -2.15. The third-order valence-electron chi connectivity index (χ3n) is 3.34. The molecule has 0 aliphatic carbocycles. The molecule has 2 aromatic heterocycles. The highest BCUT2D eigenvalue weighted by Gasteiger charge is 2.12. The Morgan fingerprint density at radius 2 is 1.88 bits per heavy atom. The highest BCUT2D eigenvalue weighted by molar-refractivity contribution is 6.42. The number of pyridine rings is 1. The van der Waals surface area contributed by atoms with E-state index in [9.17, 15) is 9.59 Å². The first-order chi connectivity index (χ1) is 12.5. The highest BCUT2D eigenvalue weighted by atomic mass is 35.5. The van der Waals surface area contributed by atoms with Crippen molar-refractivity contribution in [2.75, 3.05) is 5.32 Å². The van der Waals surface area contributed by atoms with Crippen LogP contribution >= 0.6 is 23.2 Å². The number of hydrogen-bond acceptors (Lipinski definition) is 5. The van der Waals surface area contributed by atoms with Gasteiger partial charge in [0.25, 0.3) is 5.91 Å². The van der Waals surface area contributed by atoms with Gasteiger partial charge in [0, 0.05) is 24.1 Å². The molecule has 0 unspecified atom stereocenters. The minimum absolute atomic E-state index is 0.0171. The minimum atomic E-state index is -0.552. The molecule has 1 N–H and O–H groups in total. The van der Waals surface area contributed by atoms with E-state index in [1.165, 1.54) is 12.4 Å². The number of carbonyl (C=O) groups is 1. The molecule has 0 aliphatic heterocycles. The molecule has 0 bridgehead atoms. The van der Waals surface area contributed by atoms with Gasteiger partial charge in [0.1, 0.15) is 12.9 Å². The summed E-state index contributed by atoms with van der Waals surface area (Å²) < 4.78 is 10.6. The number of nitrogens with one attached hydrogen (secondary N) is 1. The first-order valence-corrected chi connectivity index (χ1v) is 8.19. The summed E-state index contributed by atoms with van der Waals surface area (Å²) in [5.74, 6) is -0.699. The fourth-order valence-corrected chi connectivity index (χ4v) is 2.36. The van der Waals surface area contributed by atoms with Crippen LogP contribution in [-0.4, -0.2) is 10.9 Å². The van der Waals surface area contributed by atoms with Crippen LogP contribution in [0, 0.1) is 0 Å². The summed E-state index contributed by atoms with van der Waals surface area (Å²) in [6.07, 6.45) is 4.17. The maximum absolute atomic E-state index is 12.1. The number of halogens is 2. The lowest BCUT2D eigenvalue weighted by molar-refractivity contribution is 0.0993. The van der Waals surface area contributed by atoms with E-state index in [1.54, 1.807) is 30.3 Å². The first kappa shape index (κ1) is 18.0. The molecule has 0 aliphatic rings. The summed E-state index contributed by atoms with van der Waals surface area (Å²) in [5.41, 5.74) is 0.794. The second-order valence-electron chi connectivity index (χ2n) is 5.20. The van der Waals surface area contributed by atoms with Crippen LogP contribution in [0.15, 0.2) is 64.3 Å². The van der Waals surface area contributed by atoms with Crippen molar-refractivity contribution in [3.63, 3.8) is 0 Å². The molecule has 0 saturated heterocycles. The smallest absolute Gasteiger partial charge is 0.291 e. The van der Waals surface area contributed by atoms with Gasteiger partial charge in [-0.15, -0.1) is 0 Å². The summed E-state index contributed by atoms with van der Waals surface area (Å²) in [5, 5.41) is 3.42. The number of amides is 1. The van der Waals surface area contributed by atoms with Crippen LogP contribution in [0.5, 0.6) is 5.75 Å². The Balaban J connectivity index is 1.68. The molecule has 0 atom stereocenters. The topological polar surface area (TPSA) is 81.4 Å². The summed E-state index contributed by atoms with van der Waals surface area (Å²) in [6.45, 7) is 0.101. The maximum Gasteiger partial charge on any atom is 0.291 e. The first-order valence-electron chi connectivity index (χ1n) is 7.44. The molecule has 132 valence electrons. The van der Waals surface area contributed by atoms with Gasteiger partial charge in [-0.25, -0.2) is 0 Å². The number of carbonyl (C=O) groups excluding carboxylic acids is 1. The Kier molecular flexibility index (Phi) is 5.55. The number of ether oxygens (including phenoxy) is 1. The second kappa shape index (κ2) is 8.03. The lowest BCUT2D eigenvalue weighted by atomic mass is 10.2. The van der Waals surface area contributed by atoms with Gasteiger partial charge in [0.05, 0.1) is 10.0 Å². The van der Waals surface area contributed by atoms with E-state index >= 15 is 0 Å². The van der Waals surface area contributed by atoms with Crippen molar-refractivity contribution in [1.29, 1.82) is 0 Å². The fourth-order valence-electron chi connectivity index (χ4n) is 2.04. The quantitative estimate of drug-likeness (QED) is 0.706. The maximum atomic E-state index is 12.1. The molecule has 1 aromatic carbocycles. The molecular weight excluding hydrogens is 379 g/mol. The van der Waals surface area contributed by atoms with Gasteiger partial charge < -0.3 is 14.5 Å². The predicted octanol–water partition coefficient (Wildman–Crippen LogP) is 4.17. The highest BCUT2D eigenvalue weighted by Crippen LogP contribution is 2.23. The van der Waals surface area contributed by atoms with Gasteiger partial charge in [0.2, 0.25) is 11.2 Å². The molecule has 0 fully saturated rings. The Bertz CT molecular complexity index is 990. The van der Waals surface area contributed by atoms with Gasteiger partial charge in [-0.1, -0.05) is 29.3 Å². The van der Waals surface area contributed by atoms with Crippen LogP contribution in [0.2, 0.25) is 10.0 Å². The monoisotopic (exact) mass is 390 g/mol. The van der Waals surface area contributed by atoms with Crippen molar-refractivity contribution >= 4 is 34.8 Å². The van der Waals surface area contributed by atoms with Crippen molar-refractivity contribution in [3.05, 3.63) is 86.6 Å². The molecule has 0 saturated carbocycles. The van der Waals surface area contributed by atoms with E-state index in [2.05, 4.69) is 10.3 Å². The molecular formula is C18H12Cl2N2O4. The van der Waals surface area contributed by atoms with Gasteiger partial charge in [-0.2, -0.15) is 0 Å². The van der Waals surface area contributed by atoms with Gasteiger partial charge in [0.15, 0.2) is 5.76 Å². The number of aromatic nitrogens is 1. The van der Waals surface area contributed by atoms with Crippen molar-refractivity contribution in [2.24, 2.45) is 0 Å². The Hall–Kier alpha value is -2.83. The van der Waals surface area contributed by atoms with E-state index in [0.717, 1.165) is 17.9 Å². The normalized spacial score (nSPS) is 10.4. The molecule has 3 aromatic rings. The largest absolute Gasteiger partial charge is 0.482 e. The van der Waals surface area contributed by atoms with E-state index in [4.69, 9.17) is 32.4 Å². The number of hydrogen-bond donors (Lipinski definition) is 1.